The smallest absolute Gasteiger partial charge is 0.115 e. The molecule has 118 valence electrons. The Morgan fingerprint density at radius 2 is 1.81 bits per heavy atom. The van der Waals surface area contributed by atoms with Crippen molar-refractivity contribution in [2.45, 2.75) is 77.3 Å². The average Bonchev–Trinajstić information content (AvgIpc) is 2.49. The Labute approximate surface area is 130 Å². The van der Waals surface area contributed by atoms with Crippen molar-refractivity contribution in [3.05, 3.63) is 29.8 Å². The molecule has 1 aliphatic carbocycles. The minimum atomic E-state index is 0.355. The molecule has 0 aliphatic heterocycles. The summed E-state index contributed by atoms with van der Waals surface area (Å²) in [7, 11) is 0. The second-order valence-electron chi connectivity index (χ2n) is 6.78. The van der Waals surface area contributed by atoms with Crippen LogP contribution in [0.2, 0.25) is 0 Å². The predicted molar refractivity (Wildman–Crippen MR) is 89.7 cm³/mol. The third-order valence-corrected chi connectivity index (χ3v) is 4.87. The second-order valence-corrected chi connectivity index (χ2v) is 6.78. The second kappa shape index (κ2) is 8.43. The van der Waals surface area contributed by atoms with Gasteiger partial charge >= 0.3 is 0 Å². The van der Waals surface area contributed by atoms with E-state index in [1.165, 1.54) is 50.5 Å². The molecule has 0 heterocycles. The van der Waals surface area contributed by atoms with E-state index in [0.717, 1.165) is 18.4 Å². The zero-order valence-corrected chi connectivity index (χ0v) is 13.6. The van der Waals surface area contributed by atoms with Crippen LogP contribution in [0.25, 0.3) is 0 Å². The number of phenols is 1. The summed E-state index contributed by atoms with van der Waals surface area (Å²) in [6.07, 6.45) is 10.5. The van der Waals surface area contributed by atoms with E-state index in [1.54, 1.807) is 12.1 Å². The van der Waals surface area contributed by atoms with Gasteiger partial charge < -0.3 is 10.4 Å². The van der Waals surface area contributed by atoms with E-state index in [2.05, 4.69) is 19.2 Å². The number of nitrogens with one attached hydrogen (secondary N) is 1. The number of hydrogen-bond acceptors (Lipinski definition) is 2. The minimum absolute atomic E-state index is 0.355. The first-order valence-corrected chi connectivity index (χ1v) is 8.71. The summed E-state index contributed by atoms with van der Waals surface area (Å²) < 4.78 is 0. The van der Waals surface area contributed by atoms with Crippen LogP contribution in [0.5, 0.6) is 5.75 Å². The first-order chi connectivity index (χ1) is 10.2. The van der Waals surface area contributed by atoms with Gasteiger partial charge in [0.1, 0.15) is 5.75 Å². The highest BCUT2D eigenvalue weighted by Crippen LogP contribution is 2.28. The Bertz CT molecular complexity index is 393. The molecule has 2 N–H and O–H groups in total. The van der Waals surface area contributed by atoms with E-state index >= 15 is 0 Å². The van der Waals surface area contributed by atoms with Crippen molar-refractivity contribution in [2.75, 3.05) is 0 Å². The molecule has 0 bridgehead atoms. The third-order valence-electron chi connectivity index (χ3n) is 4.87. The fourth-order valence-electron chi connectivity index (χ4n) is 3.56. The Kier molecular flexibility index (Phi) is 6.56. The van der Waals surface area contributed by atoms with Crippen LogP contribution in [0, 0.1) is 5.92 Å². The molecule has 1 aliphatic rings. The van der Waals surface area contributed by atoms with E-state index < -0.39 is 0 Å². The molecule has 0 saturated heterocycles. The lowest BCUT2D eigenvalue weighted by molar-refractivity contribution is 0.263. The fourth-order valence-corrected chi connectivity index (χ4v) is 3.56. The summed E-state index contributed by atoms with van der Waals surface area (Å²) in [6, 6.07) is 8.92. The highest BCUT2D eigenvalue weighted by molar-refractivity contribution is 5.25. The zero-order chi connectivity index (χ0) is 15.1. The van der Waals surface area contributed by atoms with Crippen molar-refractivity contribution < 1.29 is 5.11 Å². The van der Waals surface area contributed by atoms with Crippen LogP contribution in [0.1, 0.15) is 64.4 Å². The number of hydrogen-bond donors (Lipinski definition) is 2. The number of phenolic OH excluding ortho intramolecular Hbond substituents is 1. The van der Waals surface area contributed by atoms with Crippen molar-refractivity contribution in [1.29, 1.82) is 0 Å². The summed E-state index contributed by atoms with van der Waals surface area (Å²) in [5.41, 5.74) is 1.31. The van der Waals surface area contributed by atoms with Gasteiger partial charge in [-0.1, -0.05) is 31.9 Å². The van der Waals surface area contributed by atoms with Crippen molar-refractivity contribution >= 4 is 0 Å². The van der Waals surface area contributed by atoms with E-state index in [0.29, 0.717) is 11.8 Å². The van der Waals surface area contributed by atoms with E-state index in [1.807, 2.05) is 12.1 Å². The number of aryl methyl sites for hydroxylation is 1. The van der Waals surface area contributed by atoms with Gasteiger partial charge in [-0.3, -0.25) is 0 Å². The van der Waals surface area contributed by atoms with Crippen molar-refractivity contribution in [2.24, 2.45) is 5.92 Å². The van der Waals surface area contributed by atoms with Crippen LogP contribution in [-0.2, 0) is 6.42 Å². The lowest BCUT2D eigenvalue weighted by Crippen LogP contribution is -2.39. The summed E-state index contributed by atoms with van der Waals surface area (Å²) >= 11 is 0. The summed E-state index contributed by atoms with van der Waals surface area (Å²) in [6.45, 7) is 4.61. The monoisotopic (exact) mass is 289 g/mol. The van der Waals surface area contributed by atoms with Gasteiger partial charge in [-0.15, -0.1) is 0 Å². The Balaban J connectivity index is 1.65. The number of benzene rings is 1. The van der Waals surface area contributed by atoms with E-state index in [9.17, 15) is 5.11 Å². The molecule has 1 saturated carbocycles. The lowest BCUT2D eigenvalue weighted by atomic mass is 9.83. The van der Waals surface area contributed by atoms with Gasteiger partial charge in [-0.25, -0.2) is 0 Å². The summed E-state index contributed by atoms with van der Waals surface area (Å²) in [5, 5.41) is 13.1. The highest BCUT2D eigenvalue weighted by Gasteiger charge is 2.21. The zero-order valence-electron chi connectivity index (χ0n) is 13.6. The predicted octanol–water partition coefficient (Wildman–Crippen LogP) is 4.66. The topological polar surface area (TPSA) is 32.3 Å². The Morgan fingerprint density at radius 1 is 1.14 bits per heavy atom. The van der Waals surface area contributed by atoms with Crippen LogP contribution >= 0.6 is 0 Å². The van der Waals surface area contributed by atoms with Crippen LogP contribution in [0.15, 0.2) is 24.3 Å². The van der Waals surface area contributed by atoms with Gasteiger partial charge in [0.2, 0.25) is 0 Å². The normalized spacial score (nSPS) is 23.9. The van der Waals surface area contributed by atoms with E-state index in [-0.39, 0.29) is 0 Å². The maximum atomic E-state index is 9.30. The molecule has 2 heteroatoms. The van der Waals surface area contributed by atoms with Crippen LogP contribution < -0.4 is 5.32 Å². The van der Waals surface area contributed by atoms with E-state index in [4.69, 9.17) is 0 Å². The molecule has 0 aromatic heterocycles. The number of rotatable bonds is 7. The Hall–Kier alpha value is -1.02. The molecular formula is C19H31NO. The molecule has 1 atom stereocenters. The molecule has 0 radical (unpaired) electrons. The van der Waals surface area contributed by atoms with Gasteiger partial charge in [-0.05, 0) is 69.1 Å². The summed E-state index contributed by atoms with van der Waals surface area (Å²) in [5.74, 6) is 1.34. The van der Waals surface area contributed by atoms with Crippen molar-refractivity contribution in [3.63, 3.8) is 0 Å². The quantitative estimate of drug-likeness (QED) is 0.765. The molecule has 2 rings (SSSR count). The lowest BCUT2D eigenvalue weighted by Gasteiger charge is -2.31. The average molecular weight is 289 g/mol. The van der Waals surface area contributed by atoms with Gasteiger partial charge in [0, 0.05) is 12.1 Å². The van der Waals surface area contributed by atoms with Gasteiger partial charge in [-0.2, -0.15) is 0 Å². The highest BCUT2D eigenvalue weighted by atomic mass is 16.3. The maximum absolute atomic E-state index is 9.30. The molecule has 1 unspecified atom stereocenters. The standard InChI is InChI=1S/C19H31NO/c1-3-4-16-7-11-18(12-8-16)20-15(2)5-6-17-9-13-19(21)14-10-17/h9-10,13-16,18,20-21H,3-8,11-12H2,1-2H3. The molecule has 1 aromatic carbocycles. The SMILES string of the molecule is CCCC1CCC(NC(C)CCc2ccc(O)cc2)CC1. The third kappa shape index (κ3) is 5.70. The van der Waals surface area contributed by atoms with Crippen LogP contribution in [0.3, 0.4) is 0 Å². The van der Waals surface area contributed by atoms with Gasteiger partial charge in [0.25, 0.3) is 0 Å². The largest absolute Gasteiger partial charge is 0.508 e. The molecule has 2 nitrogen and oxygen atoms in total. The molecule has 1 aromatic rings. The molecule has 21 heavy (non-hydrogen) atoms. The van der Waals surface area contributed by atoms with Gasteiger partial charge in [0.05, 0.1) is 0 Å². The Morgan fingerprint density at radius 3 is 2.43 bits per heavy atom. The fraction of sp³-hybridized carbons (Fsp3) is 0.684. The molecule has 0 spiro atoms. The van der Waals surface area contributed by atoms with Gasteiger partial charge in [0.15, 0.2) is 0 Å². The van der Waals surface area contributed by atoms with Crippen LogP contribution in [-0.4, -0.2) is 17.2 Å². The molecule has 0 amide bonds. The minimum Gasteiger partial charge on any atom is -0.508 e. The summed E-state index contributed by atoms with van der Waals surface area (Å²) in [4.78, 5) is 0. The molecular weight excluding hydrogens is 258 g/mol. The first kappa shape index (κ1) is 16.4. The number of aromatic hydroxyl groups is 1. The van der Waals surface area contributed by atoms with Crippen LogP contribution in [0.4, 0.5) is 0 Å². The van der Waals surface area contributed by atoms with Crippen molar-refractivity contribution in [1.82, 2.24) is 5.32 Å². The maximum Gasteiger partial charge on any atom is 0.115 e. The molecule has 1 fully saturated rings. The van der Waals surface area contributed by atoms with Crippen molar-refractivity contribution in [3.8, 4) is 5.75 Å². The first-order valence-electron chi connectivity index (χ1n) is 8.71.